The molecule has 1 saturated heterocycles. The maximum absolute atomic E-state index is 12.6. The molecule has 20 heavy (non-hydrogen) atoms. The Balaban J connectivity index is 1.97. The Morgan fingerprint density at radius 1 is 1.25 bits per heavy atom. The molecule has 6 heteroatoms. The Morgan fingerprint density at radius 3 is 2.55 bits per heavy atom. The smallest absolute Gasteiger partial charge is 0.395 e. The number of halogens is 3. The first-order valence-electron chi connectivity index (χ1n) is 6.67. The van der Waals surface area contributed by atoms with Crippen molar-refractivity contribution in [3.05, 3.63) is 35.9 Å². The van der Waals surface area contributed by atoms with Gasteiger partial charge in [0.25, 0.3) is 0 Å². The summed E-state index contributed by atoms with van der Waals surface area (Å²) in [6.45, 7) is -0.559. The number of nitrogens with one attached hydrogen (secondary N) is 1. The van der Waals surface area contributed by atoms with Crippen LogP contribution in [-0.2, 0) is 6.42 Å². The number of piperazine rings is 1. The van der Waals surface area contributed by atoms with E-state index in [2.05, 4.69) is 5.32 Å². The monoisotopic (exact) mass is 288 g/mol. The summed E-state index contributed by atoms with van der Waals surface area (Å²) in [5.41, 5.74) is 1.10. The van der Waals surface area contributed by atoms with Crippen LogP contribution in [0, 0.1) is 0 Å². The van der Waals surface area contributed by atoms with E-state index in [0.717, 1.165) is 5.56 Å². The van der Waals surface area contributed by atoms with Crippen LogP contribution in [0.15, 0.2) is 30.3 Å². The number of benzene rings is 1. The fourth-order valence-electron chi connectivity index (χ4n) is 2.57. The Morgan fingerprint density at radius 2 is 1.95 bits per heavy atom. The van der Waals surface area contributed by atoms with Gasteiger partial charge in [-0.2, -0.15) is 13.2 Å². The van der Waals surface area contributed by atoms with Gasteiger partial charge in [0.1, 0.15) is 0 Å². The molecule has 1 heterocycles. The van der Waals surface area contributed by atoms with E-state index in [1.165, 1.54) is 4.90 Å². The number of hydrogen-bond donors (Lipinski definition) is 2. The second kappa shape index (κ2) is 6.56. The maximum Gasteiger partial charge on any atom is 0.401 e. The van der Waals surface area contributed by atoms with E-state index >= 15 is 0 Å². The van der Waals surface area contributed by atoms with E-state index < -0.39 is 18.8 Å². The second-order valence-electron chi connectivity index (χ2n) is 5.18. The lowest BCUT2D eigenvalue weighted by atomic mass is 10.0. The Labute approximate surface area is 116 Å². The highest BCUT2D eigenvalue weighted by atomic mass is 19.4. The first-order valence-corrected chi connectivity index (χ1v) is 6.67. The van der Waals surface area contributed by atoms with Crippen LogP contribution < -0.4 is 5.32 Å². The molecule has 1 aliphatic heterocycles. The zero-order chi connectivity index (χ0) is 14.6. The first-order chi connectivity index (χ1) is 9.48. The van der Waals surface area contributed by atoms with Crippen molar-refractivity contribution < 1.29 is 18.3 Å². The number of aliphatic hydroxyl groups is 1. The lowest BCUT2D eigenvalue weighted by Crippen LogP contribution is -2.60. The molecule has 2 N–H and O–H groups in total. The predicted octanol–water partition coefficient (Wildman–Crippen LogP) is 1.43. The van der Waals surface area contributed by atoms with Crippen molar-refractivity contribution in [3.8, 4) is 0 Å². The van der Waals surface area contributed by atoms with Crippen molar-refractivity contribution in [2.24, 2.45) is 0 Å². The van der Waals surface area contributed by atoms with Gasteiger partial charge in [-0.05, 0) is 12.0 Å². The van der Waals surface area contributed by atoms with E-state index in [-0.39, 0.29) is 12.6 Å². The highest BCUT2D eigenvalue weighted by molar-refractivity contribution is 5.16. The van der Waals surface area contributed by atoms with Crippen molar-refractivity contribution in [2.45, 2.75) is 24.7 Å². The van der Waals surface area contributed by atoms with E-state index in [1.807, 2.05) is 30.3 Å². The summed E-state index contributed by atoms with van der Waals surface area (Å²) in [7, 11) is 0. The third kappa shape index (κ3) is 4.47. The minimum Gasteiger partial charge on any atom is -0.395 e. The Kier molecular flexibility index (Phi) is 5.01. The fourth-order valence-corrected chi connectivity index (χ4v) is 2.57. The van der Waals surface area contributed by atoms with Crippen LogP contribution in [0.25, 0.3) is 0 Å². The molecular formula is C14H19F3N2O. The van der Waals surface area contributed by atoms with E-state index in [9.17, 15) is 18.3 Å². The van der Waals surface area contributed by atoms with Gasteiger partial charge in [-0.15, -0.1) is 0 Å². The standard InChI is InChI=1S/C14H19F3N2O/c15-14(16,17)10-19-8-12(18-7-13(19)9-20)6-11-4-2-1-3-5-11/h1-5,12-13,18,20H,6-10H2. The minimum atomic E-state index is -4.23. The summed E-state index contributed by atoms with van der Waals surface area (Å²) in [6.07, 6.45) is -3.55. The lowest BCUT2D eigenvalue weighted by Gasteiger charge is -2.40. The van der Waals surface area contributed by atoms with Crippen molar-refractivity contribution in [1.29, 1.82) is 0 Å². The molecule has 1 aliphatic rings. The SMILES string of the molecule is OCC1CNC(Cc2ccccc2)CN1CC(F)(F)F. The number of nitrogens with zero attached hydrogens (tertiary/aromatic N) is 1. The summed E-state index contributed by atoms with van der Waals surface area (Å²) < 4.78 is 37.7. The molecule has 1 fully saturated rings. The molecule has 1 aromatic carbocycles. The van der Waals surface area contributed by atoms with E-state index in [1.54, 1.807) is 0 Å². The fraction of sp³-hybridized carbons (Fsp3) is 0.571. The molecule has 0 spiro atoms. The molecule has 112 valence electrons. The van der Waals surface area contributed by atoms with Gasteiger partial charge in [-0.25, -0.2) is 0 Å². The molecule has 2 unspecified atom stereocenters. The Bertz CT molecular complexity index is 411. The van der Waals surface area contributed by atoms with Crippen molar-refractivity contribution in [3.63, 3.8) is 0 Å². The number of aliphatic hydroxyl groups excluding tert-OH is 1. The largest absolute Gasteiger partial charge is 0.401 e. The van der Waals surface area contributed by atoms with E-state index in [0.29, 0.717) is 19.5 Å². The normalized spacial score (nSPS) is 24.8. The van der Waals surface area contributed by atoms with Gasteiger partial charge in [0.15, 0.2) is 0 Å². The summed E-state index contributed by atoms with van der Waals surface area (Å²) in [6, 6.07) is 9.19. The summed E-state index contributed by atoms with van der Waals surface area (Å²) in [5, 5.41) is 12.4. The predicted molar refractivity (Wildman–Crippen MR) is 70.4 cm³/mol. The van der Waals surface area contributed by atoms with Crippen LogP contribution in [0.2, 0.25) is 0 Å². The zero-order valence-corrected chi connectivity index (χ0v) is 11.1. The van der Waals surface area contributed by atoms with Gasteiger partial charge in [0.2, 0.25) is 0 Å². The van der Waals surface area contributed by atoms with Crippen molar-refractivity contribution in [1.82, 2.24) is 10.2 Å². The first kappa shape index (κ1) is 15.3. The van der Waals surface area contributed by atoms with Crippen LogP contribution >= 0.6 is 0 Å². The minimum absolute atomic E-state index is 0.0254. The van der Waals surface area contributed by atoms with E-state index in [4.69, 9.17) is 0 Å². The average molecular weight is 288 g/mol. The van der Waals surface area contributed by atoms with Gasteiger partial charge in [0, 0.05) is 25.2 Å². The molecule has 2 atom stereocenters. The topological polar surface area (TPSA) is 35.5 Å². The summed E-state index contributed by atoms with van der Waals surface area (Å²) in [4.78, 5) is 1.32. The van der Waals surface area contributed by atoms with Crippen LogP contribution in [-0.4, -0.2) is 54.5 Å². The molecule has 2 rings (SSSR count). The van der Waals surface area contributed by atoms with Crippen molar-refractivity contribution in [2.75, 3.05) is 26.2 Å². The van der Waals surface area contributed by atoms with Gasteiger partial charge in [-0.3, -0.25) is 4.90 Å². The van der Waals surface area contributed by atoms with Crippen molar-refractivity contribution >= 4 is 0 Å². The molecule has 1 aromatic rings. The molecule has 0 aromatic heterocycles. The quantitative estimate of drug-likeness (QED) is 0.880. The van der Waals surface area contributed by atoms with Crippen LogP contribution in [0.1, 0.15) is 5.56 Å². The molecule has 0 radical (unpaired) electrons. The van der Waals surface area contributed by atoms with Crippen LogP contribution in [0.3, 0.4) is 0 Å². The van der Waals surface area contributed by atoms with Crippen LogP contribution in [0.5, 0.6) is 0 Å². The molecule has 0 amide bonds. The molecule has 3 nitrogen and oxygen atoms in total. The molecule has 0 saturated carbocycles. The van der Waals surface area contributed by atoms with Gasteiger partial charge in [0.05, 0.1) is 13.2 Å². The molecular weight excluding hydrogens is 269 g/mol. The lowest BCUT2D eigenvalue weighted by molar-refractivity contribution is -0.155. The maximum atomic E-state index is 12.6. The van der Waals surface area contributed by atoms with Crippen LogP contribution in [0.4, 0.5) is 13.2 Å². The summed E-state index contributed by atoms with van der Waals surface area (Å²) in [5.74, 6) is 0. The van der Waals surface area contributed by atoms with Gasteiger partial charge < -0.3 is 10.4 Å². The number of hydrogen-bond acceptors (Lipinski definition) is 3. The number of alkyl halides is 3. The molecule has 0 bridgehead atoms. The third-order valence-electron chi connectivity index (χ3n) is 3.53. The third-order valence-corrected chi connectivity index (χ3v) is 3.53. The summed E-state index contributed by atoms with van der Waals surface area (Å²) >= 11 is 0. The van der Waals surface area contributed by atoms with Gasteiger partial charge in [-0.1, -0.05) is 30.3 Å². The highest BCUT2D eigenvalue weighted by Crippen LogP contribution is 2.20. The highest BCUT2D eigenvalue weighted by Gasteiger charge is 2.36. The van der Waals surface area contributed by atoms with Gasteiger partial charge >= 0.3 is 6.18 Å². The second-order valence-corrected chi connectivity index (χ2v) is 5.18. The molecule has 0 aliphatic carbocycles. The zero-order valence-electron chi connectivity index (χ0n) is 11.1. The Hall–Kier alpha value is -1.11. The average Bonchev–Trinajstić information content (AvgIpc) is 2.38. The number of rotatable bonds is 4.